The van der Waals surface area contributed by atoms with Crippen LogP contribution in [-0.4, -0.2) is 33.3 Å². The van der Waals surface area contributed by atoms with Crippen LogP contribution in [-0.2, 0) is 4.79 Å². The molecule has 0 bridgehead atoms. The van der Waals surface area contributed by atoms with Crippen molar-refractivity contribution in [2.75, 3.05) is 0 Å². The normalized spacial score (nSPS) is 32.8. The van der Waals surface area contributed by atoms with Gasteiger partial charge in [0.1, 0.15) is 0 Å². The fourth-order valence-corrected chi connectivity index (χ4v) is 3.50. The fraction of sp³-hybridized carbons (Fsp3) is 0.647. The average Bonchev–Trinajstić information content (AvgIpc) is 2.51. The van der Waals surface area contributed by atoms with E-state index < -0.39 is 0 Å². The summed E-state index contributed by atoms with van der Waals surface area (Å²) in [6, 6.07) is 5.60. The molecule has 1 aromatic rings. The lowest BCUT2D eigenvalue weighted by molar-refractivity contribution is -0.128. The number of carbonyl (C=O) groups is 1. The zero-order chi connectivity index (χ0) is 15.5. The molecule has 120 valence electrons. The molecule has 0 spiro atoms. The highest BCUT2D eigenvalue weighted by Gasteiger charge is 2.37. The van der Waals surface area contributed by atoms with Crippen LogP contribution in [0.2, 0.25) is 0 Å². The summed E-state index contributed by atoms with van der Waals surface area (Å²) in [5, 5.41) is 22.3. The minimum atomic E-state index is -0.252. The van der Waals surface area contributed by atoms with Gasteiger partial charge in [0.25, 0.3) is 0 Å². The Morgan fingerprint density at radius 3 is 2.45 bits per heavy atom. The summed E-state index contributed by atoms with van der Waals surface area (Å²) in [7, 11) is 0. The Bertz CT molecular complexity index is 494. The second-order valence-corrected chi connectivity index (χ2v) is 6.63. The number of amides is 1. The van der Waals surface area contributed by atoms with Gasteiger partial charge in [0.15, 0.2) is 0 Å². The Balaban J connectivity index is 1.66. The highest BCUT2D eigenvalue weighted by molar-refractivity contribution is 5.79. The largest absolute Gasteiger partial charge is 0.393 e. The summed E-state index contributed by atoms with van der Waals surface area (Å²) in [4.78, 5) is 16.9. The second kappa shape index (κ2) is 6.75. The van der Waals surface area contributed by atoms with E-state index in [1.165, 1.54) is 0 Å². The van der Waals surface area contributed by atoms with Gasteiger partial charge in [-0.2, -0.15) is 0 Å². The zero-order valence-corrected chi connectivity index (χ0v) is 12.7. The molecule has 2 saturated carbocycles. The number of nitrogens with zero attached hydrogens (tertiary/aromatic N) is 1. The second-order valence-electron chi connectivity index (χ2n) is 6.63. The lowest BCUT2D eigenvalue weighted by atomic mass is 9.75. The quantitative estimate of drug-likeness (QED) is 0.788. The standard InChI is InChI=1S/C17H24N2O3/c20-13-6-4-11(5-7-13)17(22)19-16(12-9-14(21)10-12)15-3-1-2-8-18-15/h1-3,8,11-14,16,20-21H,4-7,9-10H2,(H,19,22). The van der Waals surface area contributed by atoms with Gasteiger partial charge in [0.2, 0.25) is 5.91 Å². The molecule has 1 unspecified atom stereocenters. The Morgan fingerprint density at radius 1 is 1.14 bits per heavy atom. The van der Waals surface area contributed by atoms with Gasteiger partial charge in [-0.3, -0.25) is 9.78 Å². The molecule has 1 atom stereocenters. The van der Waals surface area contributed by atoms with Crippen LogP contribution in [0.15, 0.2) is 24.4 Å². The first kappa shape index (κ1) is 15.4. The van der Waals surface area contributed by atoms with Gasteiger partial charge in [0.05, 0.1) is 23.9 Å². The number of hydrogen-bond acceptors (Lipinski definition) is 4. The third kappa shape index (κ3) is 3.47. The van der Waals surface area contributed by atoms with Crippen LogP contribution < -0.4 is 5.32 Å². The number of aliphatic hydroxyl groups is 2. The van der Waals surface area contributed by atoms with E-state index in [1.807, 2.05) is 18.2 Å². The van der Waals surface area contributed by atoms with Crippen molar-refractivity contribution in [1.29, 1.82) is 0 Å². The third-order valence-electron chi connectivity index (χ3n) is 4.99. The van der Waals surface area contributed by atoms with Crippen molar-refractivity contribution in [3.05, 3.63) is 30.1 Å². The molecular formula is C17H24N2O3. The molecule has 2 fully saturated rings. The highest BCUT2D eigenvalue weighted by Crippen LogP contribution is 2.38. The number of aliphatic hydroxyl groups excluding tert-OH is 2. The topological polar surface area (TPSA) is 82.5 Å². The molecular weight excluding hydrogens is 280 g/mol. The average molecular weight is 304 g/mol. The molecule has 1 heterocycles. The predicted molar refractivity (Wildman–Crippen MR) is 81.8 cm³/mol. The van der Waals surface area contributed by atoms with E-state index in [1.54, 1.807) is 6.20 Å². The smallest absolute Gasteiger partial charge is 0.223 e. The third-order valence-corrected chi connectivity index (χ3v) is 4.99. The van der Waals surface area contributed by atoms with E-state index in [0.29, 0.717) is 25.7 Å². The maximum Gasteiger partial charge on any atom is 0.223 e. The van der Waals surface area contributed by atoms with E-state index >= 15 is 0 Å². The van der Waals surface area contributed by atoms with E-state index in [2.05, 4.69) is 10.3 Å². The van der Waals surface area contributed by atoms with Crippen LogP contribution in [0.3, 0.4) is 0 Å². The van der Waals surface area contributed by atoms with Gasteiger partial charge in [0, 0.05) is 12.1 Å². The molecule has 3 rings (SSSR count). The molecule has 1 aromatic heterocycles. The maximum absolute atomic E-state index is 12.5. The predicted octanol–water partition coefficient (Wildman–Crippen LogP) is 1.56. The molecule has 0 saturated heterocycles. The van der Waals surface area contributed by atoms with Gasteiger partial charge in [-0.25, -0.2) is 0 Å². The molecule has 5 heteroatoms. The van der Waals surface area contributed by atoms with Crippen molar-refractivity contribution in [3.63, 3.8) is 0 Å². The van der Waals surface area contributed by atoms with E-state index in [0.717, 1.165) is 18.5 Å². The molecule has 0 radical (unpaired) electrons. The maximum atomic E-state index is 12.5. The van der Waals surface area contributed by atoms with Crippen LogP contribution in [0.1, 0.15) is 50.3 Å². The minimum Gasteiger partial charge on any atom is -0.393 e. The molecule has 22 heavy (non-hydrogen) atoms. The van der Waals surface area contributed by atoms with Gasteiger partial charge in [-0.15, -0.1) is 0 Å². The SMILES string of the molecule is O=C(NC(c1ccccn1)C1CC(O)C1)C1CCC(O)CC1. The van der Waals surface area contributed by atoms with Gasteiger partial charge < -0.3 is 15.5 Å². The number of pyridine rings is 1. The molecule has 2 aliphatic carbocycles. The molecule has 3 N–H and O–H groups in total. The Labute approximate surface area is 130 Å². The summed E-state index contributed by atoms with van der Waals surface area (Å²) in [5.41, 5.74) is 0.864. The minimum absolute atomic E-state index is 0.0142. The van der Waals surface area contributed by atoms with Gasteiger partial charge in [-0.05, 0) is 56.6 Å². The van der Waals surface area contributed by atoms with Crippen molar-refractivity contribution >= 4 is 5.91 Å². The van der Waals surface area contributed by atoms with Crippen molar-refractivity contribution in [3.8, 4) is 0 Å². The first-order valence-electron chi connectivity index (χ1n) is 8.21. The van der Waals surface area contributed by atoms with Crippen molar-refractivity contribution in [2.45, 2.75) is 56.8 Å². The lowest BCUT2D eigenvalue weighted by Gasteiger charge is -2.38. The first-order valence-corrected chi connectivity index (χ1v) is 8.21. The van der Waals surface area contributed by atoms with Crippen molar-refractivity contribution < 1.29 is 15.0 Å². The number of rotatable bonds is 4. The highest BCUT2D eigenvalue weighted by atomic mass is 16.3. The molecule has 0 aliphatic heterocycles. The Morgan fingerprint density at radius 2 is 1.86 bits per heavy atom. The van der Waals surface area contributed by atoms with Crippen LogP contribution in [0, 0.1) is 11.8 Å². The summed E-state index contributed by atoms with van der Waals surface area (Å²) in [6.07, 6.45) is 5.56. The van der Waals surface area contributed by atoms with Crippen LogP contribution >= 0.6 is 0 Å². The van der Waals surface area contributed by atoms with E-state index in [4.69, 9.17) is 0 Å². The summed E-state index contributed by atoms with van der Waals surface area (Å²) in [5.74, 6) is 0.298. The summed E-state index contributed by atoms with van der Waals surface area (Å²) >= 11 is 0. The Kier molecular flexibility index (Phi) is 4.74. The van der Waals surface area contributed by atoms with Crippen LogP contribution in [0.25, 0.3) is 0 Å². The molecule has 5 nitrogen and oxygen atoms in total. The van der Waals surface area contributed by atoms with Gasteiger partial charge in [-0.1, -0.05) is 6.07 Å². The molecule has 0 aromatic carbocycles. The lowest BCUT2D eigenvalue weighted by Crippen LogP contribution is -2.44. The summed E-state index contributed by atoms with van der Waals surface area (Å²) in [6.45, 7) is 0. The van der Waals surface area contributed by atoms with Crippen LogP contribution in [0.5, 0.6) is 0 Å². The monoisotopic (exact) mass is 304 g/mol. The van der Waals surface area contributed by atoms with E-state index in [9.17, 15) is 15.0 Å². The van der Waals surface area contributed by atoms with Crippen LogP contribution in [0.4, 0.5) is 0 Å². The zero-order valence-electron chi connectivity index (χ0n) is 12.7. The summed E-state index contributed by atoms with van der Waals surface area (Å²) < 4.78 is 0. The Hall–Kier alpha value is -1.46. The van der Waals surface area contributed by atoms with Crippen molar-refractivity contribution in [2.24, 2.45) is 11.8 Å². The number of carbonyl (C=O) groups excluding carboxylic acids is 1. The van der Waals surface area contributed by atoms with Crippen molar-refractivity contribution in [1.82, 2.24) is 10.3 Å². The number of hydrogen-bond donors (Lipinski definition) is 3. The fourth-order valence-electron chi connectivity index (χ4n) is 3.50. The molecule has 2 aliphatic rings. The molecule has 1 amide bonds. The van der Waals surface area contributed by atoms with Gasteiger partial charge >= 0.3 is 0 Å². The number of aromatic nitrogens is 1. The first-order chi connectivity index (χ1) is 10.6. The van der Waals surface area contributed by atoms with E-state index in [-0.39, 0.29) is 36.0 Å². The number of nitrogens with one attached hydrogen (secondary N) is 1.